The number of alkyl halides is 3. The van der Waals surface area contributed by atoms with Crippen LogP contribution in [0.1, 0.15) is 30.3 Å². The molecule has 0 amide bonds. The average molecular weight is 334 g/mol. The molecule has 1 aliphatic rings. The van der Waals surface area contributed by atoms with Gasteiger partial charge in [-0.1, -0.05) is 6.07 Å². The van der Waals surface area contributed by atoms with Crippen molar-refractivity contribution in [1.82, 2.24) is 24.8 Å². The lowest BCUT2D eigenvalue weighted by atomic mass is 10.1. The van der Waals surface area contributed by atoms with Gasteiger partial charge in [0, 0.05) is 18.9 Å². The predicted octanol–water partition coefficient (Wildman–Crippen LogP) is 2.88. The van der Waals surface area contributed by atoms with Crippen molar-refractivity contribution >= 4 is 11.5 Å². The minimum absolute atomic E-state index is 0.0504. The van der Waals surface area contributed by atoms with E-state index in [1.165, 1.54) is 6.07 Å². The summed E-state index contributed by atoms with van der Waals surface area (Å²) in [6.07, 6.45) is 0.716. The maximum atomic E-state index is 13.0. The number of anilines is 1. The van der Waals surface area contributed by atoms with Gasteiger partial charge in [0.2, 0.25) is 0 Å². The second-order valence-corrected chi connectivity index (χ2v) is 5.62. The average Bonchev–Trinajstić information content (AvgIpc) is 3.21. The molecule has 6 nitrogen and oxygen atoms in total. The molecule has 0 aliphatic carbocycles. The molecule has 1 fully saturated rings. The molecular formula is C15H13F3N6. The molecule has 1 aliphatic heterocycles. The fourth-order valence-corrected chi connectivity index (χ4v) is 3.07. The molecule has 0 aromatic carbocycles. The summed E-state index contributed by atoms with van der Waals surface area (Å²) >= 11 is 0. The first kappa shape index (κ1) is 14.9. The summed E-state index contributed by atoms with van der Waals surface area (Å²) in [5.74, 6) is -0.643. The minimum Gasteiger partial charge on any atom is -0.348 e. The number of pyridine rings is 1. The summed E-state index contributed by atoms with van der Waals surface area (Å²) in [5.41, 5.74) is 1.10. The zero-order valence-corrected chi connectivity index (χ0v) is 12.5. The molecule has 24 heavy (non-hydrogen) atoms. The predicted molar refractivity (Wildman–Crippen MR) is 79.3 cm³/mol. The maximum Gasteiger partial charge on any atom is 0.453 e. The molecule has 0 radical (unpaired) electrons. The number of fused-ring (bicyclic) bond motifs is 1. The standard InChI is InChI=1S/C15H13F3N6/c16-15(17,18)14-21-20-12-5-6-13(22-24(12)14)23-8-2-4-11(23)10-3-1-7-19-9-10/h1,3,5-7,9,11H,2,4,8H2. The molecule has 0 spiro atoms. The van der Waals surface area contributed by atoms with Crippen molar-refractivity contribution in [1.29, 1.82) is 0 Å². The second kappa shape index (κ2) is 5.43. The molecule has 1 atom stereocenters. The van der Waals surface area contributed by atoms with Crippen molar-refractivity contribution in [3.05, 3.63) is 48.0 Å². The lowest BCUT2D eigenvalue weighted by molar-refractivity contribution is -0.146. The molecule has 3 aromatic heterocycles. The molecule has 4 rings (SSSR count). The van der Waals surface area contributed by atoms with E-state index in [9.17, 15) is 13.2 Å². The van der Waals surface area contributed by atoms with Gasteiger partial charge in [-0.2, -0.15) is 17.7 Å². The van der Waals surface area contributed by atoms with Gasteiger partial charge >= 0.3 is 6.18 Å². The van der Waals surface area contributed by atoms with Crippen molar-refractivity contribution in [2.45, 2.75) is 25.1 Å². The van der Waals surface area contributed by atoms with Crippen LogP contribution in [-0.4, -0.2) is 31.3 Å². The van der Waals surface area contributed by atoms with Gasteiger partial charge in [-0.05, 0) is 36.6 Å². The third-order valence-electron chi connectivity index (χ3n) is 4.12. The zero-order chi connectivity index (χ0) is 16.7. The van der Waals surface area contributed by atoms with Crippen LogP contribution in [-0.2, 0) is 6.18 Å². The minimum atomic E-state index is -4.60. The fourth-order valence-electron chi connectivity index (χ4n) is 3.07. The summed E-state index contributed by atoms with van der Waals surface area (Å²) in [6.45, 7) is 0.724. The molecule has 0 bridgehead atoms. The van der Waals surface area contributed by atoms with Crippen LogP contribution in [0.5, 0.6) is 0 Å². The van der Waals surface area contributed by atoms with Crippen LogP contribution in [0, 0.1) is 0 Å². The summed E-state index contributed by atoms with van der Waals surface area (Å²) in [6, 6.07) is 7.05. The van der Waals surface area contributed by atoms with Crippen molar-refractivity contribution in [2.75, 3.05) is 11.4 Å². The van der Waals surface area contributed by atoms with E-state index in [1.807, 2.05) is 17.0 Å². The zero-order valence-electron chi connectivity index (χ0n) is 12.5. The first-order valence-corrected chi connectivity index (χ1v) is 7.50. The van der Waals surface area contributed by atoms with Crippen molar-refractivity contribution in [3.63, 3.8) is 0 Å². The van der Waals surface area contributed by atoms with Gasteiger partial charge in [0.1, 0.15) is 5.82 Å². The lowest BCUT2D eigenvalue weighted by Crippen LogP contribution is -2.25. The van der Waals surface area contributed by atoms with Gasteiger partial charge in [0.05, 0.1) is 6.04 Å². The van der Waals surface area contributed by atoms with Gasteiger partial charge < -0.3 is 4.90 Å². The largest absolute Gasteiger partial charge is 0.453 e. The smallest absolute Gasteiger partial charge is 0.348 e. The Morgan fingerprint density at radius 2 is 2.00 bits per heavy atom. The van der Waals surface area contributed by atoms with Crippen LogP contribution in [0.4, 0.5) is 19.0 Å². The third-order valence-corrected chi connectivity index (χ3v) is 4.12. The number of halogens is 3. The first-order valence-electron chi connectivity index (χ1n) is 7.50. The molecule has 9 heteroatoms. The molecule has 3 aromatic rings. The van der Waals surface area contributed by atoms with E-state index in [0.29, 0.717) is 5.82 Å². The normalized spacial score (nSPS) is 18.5. The number of hydrogen-bond acceptors (Lipinski definition) is 5. The lowest BCUT2D eigenvalue weighted by Gasteiger charge is -2.25. The summed E-state index contributed by atoms with van der Waals surface area (Å²) < 4.78 is 39.8. The van der Waals surface area contributed by atoms with Crippen LogP contribution in [0.3, 0.4) is 0 Å². The van der Waals surface area contributed by atoms with Crippen LogP contribution >= 0.6 is 0 Å². The Labute approximate surface area is 134 Å². The van der Waals surface area contributed by atoms with E-state index in [2.05, 4.69) is 20.3 Å². The Balaban J connectivity index is 1.76. The van der Waals surface area contributed by atoms with Gasteiger partial charge in [0.25, 0.3) is 5.82 Å². The van der Waals surface area contributed by atoms with Gasteiger partial charge in [0.15, 0.2) is 5.65 Å². The molecule has 4 heterocycles. The highest BCUT2D eigenvalue weighted by atomic mass is 19.4. The van der Waals surface area contributed by atoms with Gasteiger partial charge in [-0.3, -0.25) is 4.98 Å². The third kappa shape index (κ3) is 2.45. The molecule has 1 saturated heterocycles. The second-order valence-electron chi connectivity index (χ2n) is 5.62. The monoisotopic (exact) mass is 334 g/mol. The quantitative estimate of drug-likeness (QED) is 0.721. The van der Waals surface area contributed by atoms with Crippen LogP contribution in [0.2, 0.25) is 0 Å². The summed E-state index contributed by atoms with van der Waals surface area (Å²) in [5, 5.41) is 10.9. The number of aromatic nitrogens is 5. The van der Waals surface area contributed by atoms with Crippen LogP contribution < -0.4 is 4.90 Å². The topological polar surface area (TPSA) is 59.2 Å². The highest BCUT2D eigenvalue weighted by Gasteiger charge is 2.38. The van der Waals surface area contributed by atoms with Crippen molar-refractivity contribution in [3.8, 4) is 0 Å². The molecule has 0 N–H and O–H groups in total. The van der Waals surface area contributed by atoms with E-state index in [4.69, 9.17) is 0 Å². The Bertz CT molecular complexity index is 861. The summed E-state index contributed by atoms with van der Waals surface area (Å²) in [4.78, 5) is 6.12. The summed E-state index contributed by atoms with van der Waals surface area (Å²) in [7, 11) is 0. The number of hydrogen-bond donors (Lipinski definition) is 0. The SMILES string of the molecule is FC(F)(F)c1nnc2ccc(N3CCCC3c3cccnc3)nn12. The molecule has 1 unspecified atom stereocenters. The van der Waals surface area contributed by atoms with E-state index >= 15 is 0 Å². The first-order chi connectivity index (χ1) is 11.5. The number of rotatable bonds is 2. The Hall–Kier alpha value is -2.71. The van der Waals surface area contributed by atoms with Gasteiger partial charge in [-0.25, -0.2) is 0 Å². The van der Waals surface area contributed by atoms with Gasteiger partial charge in [-0.15, -0.1) is 15.3 Å². The van der Waals surface area contributed by atoms with Crippen LogP contribution in [0.15, 0.2) is 36.7 Å². The maximum absolute atomic E-state index is 13.0. The van der Waals surface area contributed by atoms with Crippen LogP contribution in [0.25, 0.3) is 5.65 Å². The molecule has 0 saturated carbocycles. The van der Waals surface area contributed by atoms with Crippen molar-refractivity contribution < 1.29 is 13.2 Å². The van der Waals surface area contributed by atoms with E-state index < -0.39 is 12.0 Å². The Morgan fingerprint density at radius 3 is 2.75 bits per heavy atom. The Kier molecular flexibility index (Phi) is 3.36. The highest BCUT2D eigenvalue weighted by Crippen LogP contribution is 2.35. The van der Waals surface area contributed by atoms with Crippen molar-refractivity contribution in [2.24, 2.45) is 0 Å². The van der Waals surface area contributed by atoms with E-state index in [0.717, 1.165) is 29.5 Å². The molecule has 124 valence electrons. The Morgan fingerprint density at radius 1 is 1.12 bits per heavy atom. The van der Waals surface area contributed by atoms with E-state index in [-0.39, 0.29) is 11.7 Å². The fraction of sp³-hybridized carbons (Fsp3) is 0.333. The molecular weight excluding hydrogens is 321 g/mol. The number of nitrogens with zero attached hydrogens (tertiary/aromatic N) is 6. The highest BCUT2D eigenvalue weighted by molar-refractivity contribution is 5.48. The van der Waals surface area contributed by atoms with E-state index in [1.54, 1.807) is 18.5 Å².